The number of amides is 2. The van der Waals surface area contributed by atoms with E-state index in [2.05, 4.69) is 37.2 Å². The normalized spacial score (nSPS) is 10.1. The summed E-state index contributed by atoms with van der Waals surface area (Å²) >= 11 is 6.69. The highest BCUT2D eigenvalue weighted by atomic mass is 79.9. The van der Waals surface area contributed by atoms with Crippen molar-refractivity contribution < 1.29 is 9.59 Å². The minimum Gasteiger partial charge on any atom is -0.332 e. The number of para-hydroxylation sites is 1. The van der Waals surface area contributed by atoms with Crippen molar-refractivity contribution in [3.8, 4) is 0 Å². The van der Waals surface area contributed by atoms with Gasteiger partial charge in [0.05, 0.1) is 12.2 Å². The van der Waals surface area contributed by atoms with Gasteiger partial charge in [-0.2, -0.15) is 0 Å². The Labute approximate surface area is 145 Å². The molecule has 0 atom stereocenters. The standard InChI is InChI=1S/C16H14Br2N2O2/c1-20(16(22)11-5-4-6-12(17)9-11)10-15(21)19-14-8-3-2-7-13(14)18/h2-9H,10H2,1H3,(H,19,21). The summed E-state index contributed by atoms with van der Waals surface area (Å²) < 4.78 is 1.62. The molecule has 0 heterocycles. The highest BCUT2D eigenvalue weighted by molar-refractivity contribution is 9.10. The molecule has 2 amide bonds. The number of halogens is 2. The van der Waals surface area contributed by atoms with Gasteiger partial charge in [0.25, 0.3) is 5.91 Å². The average Bonchev–Trinajstić information content (AvgIpc) is 2.48. The average molecular weight is 426 g/mol. The molecule has 0 radical (unpaired) electrons. The molecule has 0 unspecified atom stereocenters. The van der Waals surface area contributed by atoms with Crippen LogP contribution in [0, 0.1) is 0 Å². The Kier molecular flexibility index (Phi) is 5.74. The molecule has 0 bridgehead atoms. The number of carbonyl (C=O) groups is 2. The van der Waals surface area contributed by atoms with Crippen LogP contribution < -0.4 is 5.32 Å². The van der Waals surface area contributed by atoms with E-state index in [1.165, 1.54) is 4.90 Å². The molecule has 6 heteroatoms. The molecule has 0 saturated heterocycles. The fourth-order valence-electron chi connectivity index (χ4n) is 1.88. The molecule has 0 aliphatic heterocycles. The van der Waals surface area contributed by atoms with Gasteiger partial charge in [-0.05, 0) is 46.3 Å². The first-order chi connectivity index (χ1) is 10.5. The number of carbonyl (C=O) groups excluding carboxylic acids is 2. The molecule has 4 nitrogen and oxygen atoms in total. The van der Waals surface area contributed by atoms with Crippen molar-refractivity contribution in [2.24, 2.45) is 0 Å². The zero-order valence-corrected chi connectivity index (χ0v) is 15.0. The largest absolute Gasteiger partial charge is 0.332 e. The molecule has 1 N–H and O–H groups in total. The Balaban J connectivity index is 1.99. The summed E-state index contributed by atoms with van der Waals surface area (Å²) in [7, 11) is 1.60. The molecule has 0 aliphatic carbocycles. The molecule has 0 spiro atoms. The highest BCUT2D eigenvalue weighted by Gasteiger charge is 2.15. The van der Waals surface area contributed by atoms with Crippen LogP contribution >= 0.6 is 31.9 Å². The first-order valence-electron chi connectivity index (χ1n) is 6.53. The Bertz CT molecular complexity index is 704. The fourth-order valence-corrected chi connectivity index (χ4v) is 2.66. The van der Waals surface area contributed by atoms with Crippen molar-refractivity contribution in [1.82, 2.24) is 4.90 Å². The van der Waals surface area contributed by atoms with Gasteiger partial charge in [-0.1, -0.05) is 34.1 Å². The van der Waals surface area contributed by atoms with Gasteiger partial charge in [0.1, 0.15) is 0 Å². The first kappa shape index (κ1) is 16.7. The lowest BCUT2D eigenvalue weighted by Crippen LogP contribution is -2.35. The topological polar surface area (TPSA) is 49.4 Å². The van der Waals surface area contributed by atoms with E-state index in [0.717, 1.165) is 8.95 Å². The maximum absolute atomic E-state index is 12.3. The van der Waals surface area contributed by atoms with Crippen LogP contribution in [0.5, 0.6) is 0 Å². The van der Waals surface area contributed by atoms with Gasteiger partial charge in [-0.3, -0.25) is 9.59 Å². The lowest BCUT2D eigenvalue weighted by atomic mass is 10.2. The zero-order chi connectivity index (χ0) is 16.1. The Hall–Kier alpha value is -1.66. The number of anilines is 1. The lowest BCUT2D eigenvalue weighted by molar-refractivity contribution is -0.116. The van der Waals surface area contributed by atoms with Crippen molar-refractivity contribution in [1.29, 1.82) is 0 Å². The Morgan fingerprint density at radius 3 is 2.50 bits per heavy atom. The third-order valence-corrected chi connectivity index (χ3v) is 4.13. The van der Waals surface area contributed by atoms with E-state index in [1.807, 2.05) is 24.3 Å². The highest BCUT2D eigenvalue weighted by Crippen LogP contribution is 2.21. The van der Waals surface area contributed by atoms with Gasteiger partial charge in [0.15, 0.2) is 0 Å². The molecule has 2 aromatic rings. The summed E-state index contributed by atoms with van der Waals surface area (Å²) in [5.41, 5.74) is 1.21. The van der Waals surface area contributed by atoms with Crippen LogP contribution in [-0.4, -0.2) is 30.3 Å². The molecule has 0 aromatic heterocycles. The van der Waals surface area contributed by atoms with Crippen LogP contribution in [0.1, 0.15) is 10.4 Å². The monoisotopic (exact) mass is 424 g/mol. The Morgan fingerprint density at radius 2 is 1.82 bits per heavy atom. The molecule has 2 aromatic carbocycles. The number of nitrogens with zero attached hydrogens (tertiary/aromatic N) is 1. The lowest BCUT2D eigenvalue weighted by Gasteiger charge is -2.17. The zero-order valence-electron chi connectivity index (χ0n) is 11.8. The molecule has 114 valence electrons. The van der Waals surface area contributed by atoms with Crippen LogP contribution in [0.15, 0.2) is 57.5 Å². The molecular weight excluding hydrogens is 412 g/mol. The van der Waals surface area contributed by atoms with E-state index in [0.29, 0.717) is 11.3 Å². The predicted molar refractivity (Wildman–Crippen MR) is 93.9 cm³/mol. The van der Waals surface area contributed by atoms with Crippen molar-refractivity contribution in [2.45, 2.75) is 0 Å². The number of benzene rings is 2. The van der Waals surface area contributed by atoms with Crippen LogP contribution in [0.3, 0.4) is 0 Å². The van der Waals surface area contributed by atoms with Gasteiger partial charge >= 0.3 is 0 Å². The second-order valence-electron chi connectivity index (χ2n) is 4.70. The van der Waals surface area contributed by atoms with E-state index < -0.39 is 0 Å². The van der Waals surface area contributed by atoms with E-state index in [1.54, 1.807) is 31.3 Å². The van der Waals surface area contributed by atoms with Crippen LogP contribution in [0.4, 0.5) is 5.69 Å². The number of rotatable bonds is 4. The number of nitrogens with one attached hydrogen (secondary N) is 1. The second-order valence-corrected chi connectivity index (χ2v) is 6.47. The van der Waals surface area contributed by atoms with E-state index in [-0.39, 0.29) is 18.4 Å². The van der Waals surface area contributed by atoms with Gasteiger partial charge in [0, 0.05) is 21.6 Å². The molecule has 0 aliphatic rings. The number of hydrogen-bond donors (Lipinski definition) is 1. The maximum atomic E-state index is 12.3. The minimum atomic E-state index is -0.252. The number of likely N-dealkylation sites (N-methyl/N-ethyl adjacent to an activating group) is 1. The summed E-state index contributed by atoms with van der Waals surface area (Å²) in [4.78, 5) is 25.7. The molecule has 22 heavy (non-hydrogen) atoms. The maximum Gasteiger partial charge on any atom is 0.254 e. The minimum absolute atomic E-state index is 0.0211. The van der Waals surface area contributed by atoms with Crippen molar-refractivity contribution in [3.63, 3.8) is 0 Å². The summed E-state index contributed by atoms with van der Waals surface area (Å²) in [6.45, 7) is -0.0211. The van der Waals surface area contributed by atoms with Gasteiger partial charge in [-0.25, -0.2) is 0 Å². The summed E-state index contributed by atoms with van der Waals surface area (Å²) in [5, 5.41) is 2.77. The predicted octanol–water partition coefficient (Wildman–Crippen LogP) is 3.92. The van der Waals surface area contributed by atoms with Crippen molar-refractivity contribution in [2.75, 3.05) is 18.9 Å². The Morgan fingerprint density at radius 1 is 1.09 bits per heavy atom. The fraction of sp³-hybridized carbons (Fsp3) is 0.125. The van der Waals surface area contributed by atoms with Gasteiger partial charge in [-0.15, -0.1) is 0 Å². The quantitative estimate of drug-likeness (QED) is 0.806. The van der Waals surface area contributed by atoms with Crippen LogP contribution in [-0.2, 0) is 4.79 Å². The van der Waals surface area contributed by atoms with Gasteiger partial charge < -0.3 is 10.2 Å². The summed E-state index contributed by atoms with van der Waals surface area (Å²) in [6.07, 6.45) is 0. The second kappa shape index (κ2) is 7.56. The molecular formula is C16H14Br2N2O2. The third-order valence-electron chi connectivity index (χ3n) is 2.95. The SMILES string of the molecule is CN(CC(=O)Nc1ccccc1Br)C(=O)c1cccc(Br)c1. The van der Waals surface area contributed by atoms with E-state index in [9.17, 15) is 9.59 Å². The van der Waals surface area contributed by atoms with Crippen molar-refractivity contribution in [3.05, 3.63) is 63.0 Å². The van der Waals surface area contributed by atoms with Crippen molar-refractivity contribution >= 4 is 49.4 Å². The summed E-state index contributed by atoms with van der Waals surface area (Å²) in [5.74, 6) is -0.457. The first-order valence-corrected chi connectivity index (χ1v) is 8.11. The smallest absolute Gasteiger partial charge is 0.254 e. The van der Waals surface area contributed by atoms with E-state index >= 15 is 0 Å². The van der Waals surface area contributed by atoms with Crippen LogP contribution in [0.25, 0.3) is 0 Å². The molecule has 2 rings (SSSR count). The van der Waals surface area contributed by atoms with E-state index in [4.69, 9.17) is 0 Å². The molecule has 0 fully saturated rings. The molecule has 0 saturated carbocycles. The summed E-state index contributed by atoms with van der Waals surface area (Å²) in [6, 6.07) is 14.4. The van der Waals surface area contributed by atoms with Gasteiger partial charge in [0.2, 0.25) is 5.91 Å². The number of hydrogen-bond acceptors (Lipinski definition) is 2. The van der Waals surface area contributed by atoms with Crippen LogP contribution in [0.2, 0.25) is 0 Å². The third kappa shape index (κ3) is 4.42.